The smallest absolute Gasteiger partial charge is 0.336 e. The predicted molar refractivity (Wildman–Crippen MR) is 117 cm³/mol. The maximum absolute atomic E-state index is 12.4. The van der Waals surface area contributed by atoms with Crippen LogP contribution in [0.1, 0.15) is 27.2 Å². The standard InChI is InChI=1S/C24H25NO6/c1-14(2)11-20(24(28)29)25-23(27)15(3)30-17-9-10-18-19(16-7-5-4-6-8-16)13-22(26)31-21(18)12-17/h4-10,12-15,20H,11H2,1-3H3,(H,25,27)(H,28,29)/t15-,20+/m0/s1. The number of amides is 1. The van der Waals surface area contributed by atoms with Gasteiger partial charge in [-0.1, -0.05) is 44.2 Å². The molecule has 0 fully saturated rings. The van der Waals surface area contributed by atoms with Gasteiger partial charge in [0.2, 0.25) is 0 Å². The molecule has 31 heavy (non-hydrogen) atoms. The lowest BCUT2D eigenvalue weighted by Gasteiger charge is -2.20. The second kappa shape index (κ2) is 9.47. The molecule has 0 aliphatic rings. The van der Waals surface area contributed by atoms with Crippen LogP contribution in [0, 0.1) is 5.92 Å². The summed E-state index contributed by atoms with van der Waals surface area (Å²) in [7, 11) is 0. The van der Waals surface area contributed by atoms with E-state index in [9.17, 15) is 19.5 Å². The zero-order valence-electron chi connectivity index (χ0n) is 17.6. The van der Waals surface area contributed by atoms with E-state index in [1.54, 1.807) is 18.2 Å². The predicted octanol–water partition coefficient (Wildman–Crippen LogP) is 3.84. The highest BCUT2D eigenvalue weighted by atomic mass is 16.5. The number of nitrogens with one attached hydrogen (secondary N) is 1. The number of fused-ring (bicyclic) bond motifs is 1. The summed E-state index contributed by atoms with van der Waals surface area (Å²) in [5, 5.41) is 12.6. The fourth-order valence-electron chi connectivity index (χ4n) is 3.31. The number of hydrogen-bond acceptors (Lipinski definition) is 5. The van der Waals surface area contributed by atoms with E-state index in [0.717, 1.165) is 16.5 Å². The molecule has 0 saturated heterocycles. The van der Waals surface area contributed by atoms with Crippen LogP contribution >= 0.6 is 0 Å². The van der Waals surface area contributed by atoms with Gasteiger partial charge in [0, 0.05) is 17.5 Å². The molecular weight excluding hydrogens is 398 g/mol. The summed E-state index contributed by atoms with van der Waals surface area (Å²) in [5.74, 6) is -1.18. The van der Waals surface area contributed by atoms with Gasteiger partial charge in [-0.2, -0.15) is 0 Å². The van der Waals surface area contributed by atoms with Gasteiger partial charge in [-0.3, -0.25) is 4.79 Å². The molecule has 1 aromatic heterocycles. The lowest BCUT2D eigenvalue weighted by Crippen LogP contribution is -2.46. The molecule has 2 aromatic carbocycles. The van der Waals surface area contributed by atoms with Crippen molar-refractivity contribution in [3.8, 4) is 16.9 Å². The van der Waals surface area contributed by atoms with Crippen LogP contribution in [0.15, 0.2) is 63.8 Å². The Hall–Kier alpha value is -3.61. The zero-order valence-corrected chi connectivity index (χ0v) is 17.6. The van der Waals surface area contributed by atoms with Crippen LogP contribution in [-0.4, -0.2) is 29.1 Å². The van der Waals surface area contributed by atoms with Gasteiger partial charge >= 0.3 is 11.6 Å². The molecule has 2 atom stereocenters. The number of hydrogen-bond donors (Lipinski definition) is 2. The minimum absolute atomic E-state index is 0.111. The molecule has 3 aromatic rings. The molecule has 0 bridgehead atoms. The number of ether oxygens (including phenoxy) is 1. The topological polar surface area (TPSA) is 106 Å². The van der Waals surface area contributed by atoms with Gasteiger partial charge in [0.05, 0.1) is 0 Å². The average molecular weight is 423 g/mol. The van der Waals surface area contributed by atoms with Gasteiger partial charge in [0.15, 0.2) is 6.10 Å². The third-order valence-electron chi connectivity index (χ3n) is 4.80. The average Bonchev–Trinajstić information content (AvgIpc) is 2.72. The number of carboxylic acid groups (broad SMARTS) is 1. The summed E-state index contributed by atoms with van der Waals surface area (Å²) in [6.45, 7) is 5.30. The molecule has 0 saturated carbocycles. The molecule has 1 heterocycles. The molecule has 0 spiro atoms. The minimum Gasteiger partial charge on any atom is -0.481 e. The van der Waals surface area contributed by atoms with Gasteiger partial charge < -0.3 is 19.6 Å². The number of benzene rings is 2. The van der Waals surface area contributed by atoms with Gasteiger partial charge in [0.25, 0.3) is 5.91 Å². The van der Waals surface area contributed by atoms with Crippen molar-refractivity contribution in [1.82, 2.24) is 5.32 Å². The molecule has 2 N–H and O–H groups in total. The van der Waals surface area contributed by atoms with Crippen LogP contribution in [0.5, 0.6) is 5.75 Å². The summed E-state index contributed by atoms with van der Waals surface area (Å²) < 4.78 is 11.0. The van der Waals surface area contributed by atoms with E-state index < -0.39 is 29.6 Å². The van der Waals surface area contributed by atoms with Crippen LogP contribution in [0.25, 0.3) is 22.1 Å². The van der Waals surface area contributed by atoms with Crippen molar-refractivity contribution in [3.05, 3.63) is 65.0 Å². The summed E-state index contributed by atoms with van der Waals surface area (Å²) in [5.41, 5.74) is 1.46. The quantitative estimate of drug-likeness (QED) is 0.533. The number of carboxylic acids is 1. The molecule has 3 rings (SSSR count). The minimum atomic E-state index is -1.09. The fraction of sp³-hybridized carbons (Fsp3) is 0.292. The Labute approximate surface area is 179 Å². The van der Waals surface area contributed by atoms with E-state index in [-0.39, 0.29) is 5.92 Å². The molecule has 0 aliphatic carbocycles. The van der Waals surface area contributed by atoms with Gasteiger partial charge in [-0.25, -0.2) is 9.59 Å². The van der Waals surface area contributed by atoms with E-state index in [4.69, 9.17) is 9.15 Å². The van der Waals surface area contributed by atoms with Crippen LogP contribution < -0.4 is 15.7 Å². The summed E-state index contributed by atoms with van der Waals surface area (Å²) in [6.07, 6.45) is -0.618. The third kappa shape index (κ3) is 5.51. The second-order valence-corrected chi connectivity index (χ2v) is 7.79. The molecule has 162 valence electrons. The maximum atomic E-state index is 12.4. The Morgan fingerprint density at radius 3 is 2.42 bits per heavy atom. The Balaban J connectivity index is 1.81. The van der Waals surface area contributed by atoms with Crippen molar-refractivity contribution in [1.29, 1.82) is 0 Å². The van der Waals surface area contributed by atoms with Crippen LogP contribution in [0.2, 0.25) is 0 Å². The lowest BCUT2D eigenvalue weighted by molar-refractivity contribution is -0.143. The Kier molecular flexibility index (Phi) is 6.74. The highest BCUT2D eigenvalue weighted by Crippen LogP contribution is 2.29. The van der Waals surface area contributed by atoms with E-state index in [1.165, 1.54) is 13.0 Å². The number of carbonyl (C=O) groups is 2. The number of rotatable bonds is 8. The van der Waals surface area contributed by atoms with Gasteiger partial charge in [-0.15, -0.1) is 0 Å². The third-order valence-corrected chi connectivity index (χ3v) is 4.80. The SMILES string of the molecule is CC(C)C[C@@H](NC(=O)[C@H](C)Oc1ccc2c(-c3ccccc3)cc(=O)oc2c1)C(=O)O. The van der Waals surface area contributed by atoms with E-state index >= 15 is 0 Å². The van der Waals surface area contributed by atoms with Crippen LogP contribution in [-0.2, 0) is 9.59 Å². The molecule has 7 nitrogen and oxygen atoms in total. The zero-order chi connectivity index (χ0) is 22.5. The number of carbonyl (C=O) groups excluding carboxylic acids is 1. The highest BCUT2D eigenvalue weighted by Gasteiger charge is 2.24. The summed E-state index contributed by atoms with van der Waals surface area (Å²) in [4.78, 5) is 35.9. The molecule has 7 heteroatoms. The first-order valence-corrected chi connectivity index (χ1v) is 10.1. The Bertz CT molecular complexity index is 1140. The van der Waals surface area contributed by atoms with Gasteiger partial charge in [0.1, 0.15) is 17.4 Å². The second-order valence-electron chi connectivity index (χ2n) is 7.79. The summed E-state index contributed by atoms with van der Waals surface area (Å²) in [6, 6.07) is 14.9. The summed E-state index contributed by atoms with van der Waals surface area (Å²) >= 11 is 0. The molecule has 0 radical (unpaired) electrons. The highest BCUT2D eigenvalue weighted by molar-refractivity contribution is 5.94. The van der Waals surface area contributed by atoms with Crippen molar-refractivity contribution in [2.75, 3.05) is 0 Å². The van der Waals surface area contributed by atoms with E-state index in [0.29, 0.717) is 17.8 Å². The first-order chi connectivity index (χ1) is 14.7. The van der Waals surface area contributed by atoms with Crippen molar-refractivity contribution in [3.63, 3.8) is 0 Å². The van der Waals surface area contributed by atoms with Crippen molar-refractivity contribution >= 4 is 22.8 Å². The van der Waals surface area contributed by atoms with Crippen molar-refractivity contribution in [2.45, 2.75) is 39.3 Å². The largest absolute Gasteiger partial charge is 0.481 e. The Morgan fingerprint density at radius 2 is 1.77 bits per heavy atom. The first-order valence-electron chi connectivity index (χ1n) is 10.1. The molecule has 0 unspecified atom stereocenters. The maximum Gasteiger partial charge on any atom is 0.336 e. The van der Waals surface area contributed by atoms with E-state index in [2.05, 4.69) is 5.32 Å². The number of aliphatic carboxylic acids is 1. The first kappa shape index (κ1) is 22.1. The lowest BCUT2D eigenvalue weighted by atomic mass is 10.0. The van der Waals surface area contributed by atoms with Crippen LogP contribution in [0.3, 0.4) is 0 Å². The molecule has 0 aliphatic heterocycles. The molecular formula is C24H25NO6. The van der Waals surface area contributed by atoms with Crippen molar-refractivity contribution < 1.29 is 23.8 Å². The fourth-order valence-corrected chi connectivity index (χ4v) is 3.31. The Morgan fingerprint density at radius 1 is 1.06 bits per heavy atom. The normalized spacial score (nSPS) is 13.0. The van der Waals surface area contributed by atoms with Crippen LogP contribution in [0.4, 0.5) is 0 Å². The molecule has 1 amide bonds. The van der Waals surface area contributed by atoms with Gasteiger partial charge in [-0.05, 0) is 42.5 Å². The van der Waals surface area contributed by atoms with E-state index in [1.807, 2.05) is 44.2 Å². The van der Waals surface area contributed by atoms with Crippen molar-refractivity contribution in [2.24, 2.45) is 5.92 Å². The monoisotopic (exact) mass is 423 g/mol.